The summed E-state index contributed by atoms with van der Waals surface area (Å²) in [6.45, 7) is 4.65. The third-order valence-corrected chi connectivity index (χ3v) is 6.24. The summed E-state index contributed by atoms with van der Waals surface area (Å²) in [7, 11) is 0. The van der Waals surface area contributed by atoms with Crippen LogP contribution in [-0.2, 0) is 0 Å². The molecular weight excluding hydrogens is 322 g/mol. The number of fused-ring (bicyclic) bond motifs is 1. The minimum absolute atomic E-state index is 0.307. The van der Waals surface area contributed by atoms with Gasteiger partial charge in [0.1, 0.15) is 11.2 Å². The topological polar surface area (TPSA) is 75.4 Å². The Morgan fingerprint density at radius 2 is 1.92 bits per heavy atom. The lowest BCUT2D eigenvalue weighted by Crippen LogP contribution is -2.46. The van der Waals surface area contributed by atoms with Gasteiger partial charge in [0.2, 0.25) is 0 Å². The van der Waals surface area contributed by atoms with E-state index in [0.717, 1.165) is 34.5 Å². The van der Waals surface area contributed by atoms with E-state index in [4.69, 9.17) is 10.7 Å². The molecule has 4 rings (SSSR count). The highest BCUT2D eigenvalue weighted by atomic mass is 32.1. The van der Waals surface area contributed by atoms with Crippen LogP contribution in [0.4, 0.5) is 5.13 Å². The van der Waals surface area contributed by atoms with Crippen molar-refractivity contribution < 1.29 is 4.79 Å². The predicted octanol–water partition coefficient (Wildman–Crippen LogP) is 2.24. The van der Waals surface area contributed by atoms with Crippen LogP contribution >= 0.6 is 11.3 Å². The van der Waals surface area contributed by atoms with Crippen molar-refractivity contribution >= 4 is 32.6 Å². The highest BCUT2D eigenvalue weighted by Gasteiger charge is 2.26. The molecule has 0 radical (unpaired) electrons. The molecule has 0 atom stereocenters. The quantitative estimate of drug-likeness (QED) is 0.923. The first-order valence-electron chi connectivity index (χ1n) is 8.76. The standard InChI is InChI=1S/C17H23N5OS/c18-16(23)13-10-15-14(11-19-13)20-17(24-15)22-8-4-12(5-9-22)21-6-2-1-3-7-21/h10-12H,1-9H2,(H2,18,23). The van der Waals surface area contributed by atoms with Gasteiger partial charge in [-0.15, -0.1) is 0 Å². The Bertz CT molecular complexity index is 732. The van der Waals surface area contributed by atoms with Gasteiger partial charge in [-0.1, -0.05) is 17.8 Å². The number of aromatic nitrogens is 2. The Kier molecular flexibility index (Phi) is 4.37. The van der Waals surface area contributed by atoms with Gasteiger partial charge in [0, 0.05) is 19.1 Å². The lowest BCUT2D eigenvalue weighted by atomic mass is 10.0. The molecule has 2 aliphatic rings. The van der Waals surface area contributed by atoms with Crippen molar-refractivity contribution in [1.82, 2.24) is 14.9 Å². The maximum absolute atomic E-state index is 11.3. The van der Waals surface area contributed by atoms with Crippen LogP contribution in [0.5, 0.6) is 0 Å². The molecule has 2 aliphatic heterocycles. The summed E-state index contributed by atoms with van der Waals surface area (Å²) < 4.78 is 0.979. The van der Waals surface area contributed by atoms with Crippen molar-refractivity contribution in [2.24, 2.45) is 5.73 Å². The third-order valence-electron chi connectivity index (χ3n) is 5.16. The van der Waals surface area contributed by atoms with Crippen molar-refractivity contribution in [3.63, 3.8) is 0 Å². The molecule has 2 N–H and O–H groups in total. The zero-order valence-corrected chi connectivity index (χ0v) is 14.6. The summed E-state index contributed by atoms with van der Waals surface area (Å²) in [5, 5.41) is 1.03. The minimum atomic E-state index is -0.491. The van der Waals surface area contributed by atoms with Crippen LogP contribution in [-0.4, -0.2) is 53.0 Å². The van der Waals surface area contributed by atoms with Crippen molar-refractivity contribution in [3.8, 4) is 0 Å². The van der Waals surface area contributed by atoms with Crippen LogP contribution in [0.3, 0.4) is 0 Å². The number of thiazole rings is 1. The van der Waals surface area contributed by atoms with Gasteiger partial charge in [-0.05, 0) is 44.8 Å². The fraction of sp³-hybridized carbons (Fsp3) is 0.588. The van der Waals surface area contributed by atoms with E-state index in [1.165, 1.54) is 45.2 Å². The molecule has 2 saturated heterocycles. The highest BCUT2D eigenvalue weighted by Crippen LogP contribution is 2.31. The minimum Gasteiger partial charge on any atom is -0.364 e. The molecule has 2 aromatic rings. The van der Waals surface area contributed by atoms with Crippen LogP contribution in [0.15, 0.2) is 12.3 Å². The van der Waals surface area contributed by atoms with E-state index >= 15 is 0 Å². The fourth-order valence-corrected chi connectivity index (χ4v) is 4.82. The van der Waals surface area contributed by atoms with Crippen LogP contribution < -0.4 is 10.6 Å². The molecule has 0 spiro atoms. The van der Waals surface area contributed by atoms with Crippen molar-refractivity contribution in [2.75, 3.05) is 31.1 Å². The van der Waals surface area contributed by atoms with Gasteiger partial charge in [-0.25, -0.2) is 9.97 Å². The summed E-state index contributed by atoms with van der Waals surface area (Å²) in [4.78, 5) is 25.1. The number of carbonyl (C=O) groups excluding carboxylic acids is 1. The molecule has 4 heterocycles. The van der Waals surface area contributed by atoms with E-state index in [1.807, 2.05) is 0 Å². The zero-order valence-electron chi connectivity index (χ0n) is 13.8. The molecule has 0 aromatic carbocycles. The van der Waals surface area contributed by atoms with E-state index in [0.29, 0.717) is 5.69 Å². The normalized spacial score (nSPS) is 20.6. The highest BCUT2D eigenvalue weighted by molar-refractivity contribution is 7.22. The second-order valence-corrected chi connectivity index (χ2v) is 7.72. The number of hydrogen-bond acceptors (Lipinski definition) is 6. The molecule has 7 heteroatoms. The number of nitrogens with two attached hydrogens (primary N) is 1. The Morgan fingerprint density at radius 3 is 2.62 bits per heavy atom. The molecular formula is C17H23N5OS. The third kappa shape index (κ3) is 3.10. The van der Waals surface area contributed by atoms with Gasteiger partial charge < -0.3 is 15.5 Å². The molecule has 2 fully saturated rings. The van der Waals surface area contributed by atoms with Gasteiger partial charge >= 0.3 is 0 Å². The van der Waals surface area contributed by atoms with E-state index in [-0.39, 0.29) is 0 Å². The van der Waals surface area contributed by atoms with Crippen molar-refractivity contribution in [1.29, 1.82) is 0 Å². The van der Waals surface area contributed by atoms with Gasteiger partial charge in [-0.2, -0.15) is 0 Å². The van der Waals surface area contributed by atoms with E-state index < -0.39 is 5.91 Å². The molecule has 0 aliphatic carbocycles. The summed E-state index contributed by atoms with van der Waals surface area (Å²) >= 11 is 1.63. The number of anilines is 1. The molecule has 1 amide bonds. The average molecular weight is 345 g/mol. The molecule has 24 heavy (non-hydrogen) atoms. The van der Waals surface area contributed by atoms with Crippen LogP contribution in [0.1, 0.15) is 42.6 Å². The molecule has 128 valence electrons. The molecule has 0 saturated carbocycles. The number of amides is 1. The summed E-state index contributed by atoms with van der Waals surface area (Å²) in [5.41, 5.74) is 6.46. The molecule has 6 nitrogen and oxygen atoms in total. The number of primary amides is 1. The smallest absolute Gasteiger partial charge is 0.267 e. The number of hydrogen-bond donors (Lipinski definition) is 1. The Hall–Kier alpha value is -1.73. The average Bonchev–Trinajstić information content (AvgIpc) is 3.06. The number of pyridine rings is 1. The van der Waals surface area contributed by atoms with Gasteiger partial charge in [0.25, 0.3) is 5.91 Å². The predicted molar refractivity (Wildman–Crippen MR) is 96.6 cm³/mol. The van der Waals surface area contributed by atoms with E-state index in [2.05, 4.69) is 14.8 Å². The Morgan fingerprint density at radius 1 is 1.17 bits per heavy atom. The first kappa shape index (κ1) is 15.8. The fourth-order valence-electron chi connectivity index (χ4n) is 3.80. The monoisotopic (exact) mass is 345 g/mol. The second kappa shape index (κ2) is 6.64. The number of carbonyl (C=O) groups is 1. The number of piperidine rings is 2. The van der Waals surface area contributed by atoms with Crippen LogP contribution in [0, 0.1) is 0 Å². The molecule has 0 bridgehead atoms. The molecule has 0 unspecified atom stereocenters. The summed E-state index contributed by atoms with van der Waals surface area (Å²) in [6, 6.07) is 2.48. The van der Waals surface area contributed by atoms with Gasteiger partial charge in [-0.3, -0.25) is 4.79 Å². The van der Waals surface area contributed by atoms with Crippen LogP contribution in [0.25, 0.3) is 10.2 Å². The second-order valence-electron chi connectivity index (χ2n) is 6.71. The Balaban J connectivity index is 1.45. The number of nitrogens with zero attached hydrogens (tertiary/aromatic N) is 4. The summed E-state index contributed by atoms with van der Waals surface area (Å²) in [6.07, 6.45) is 8.17. The number of rotatable bonds is 3. The number of likely N-dealkylation sites (tertiary alicyclic amines) is 1. The van der Waals surface area contributed by atoms with Crippen molar-refractivity contribution in [3.05, 3.63) is 18.0 Å². The van der Waals surface area contributed by atoms with Gasteiger partial charge in [0.15, 0.2) is 5.13 Å². The maximum Gasteiger partial charge on any atom is 0.267 e. The van der Waals surface area contributed by atoms with Gasteiger partial charge in [0.05, 0.1) is 10.9 Å². The SMILES string of the molecule is NC(=O)c1cc2sc(N3CCC(N4CCCCC4)CC3)nc2cn1. The molecule has 2 aromatic heterocycles. The first-order chi connectivity index (χ1) is 11.7. The van der Waals surface area contributed by atoms with Crippen molar-refractivity contribution in [2.45, 2.75) is 38.1 Å². The Labute approximate surface area is 145 Å². The summed E-state index contributed by atoms with van der Waals surface area (Å²) in [5.74, 6) is -0.491. The maximum atomic E-state index is 11.3. The lowest BCUT2D eigenvalue weighted by Gasteiger charge is -2.40. The van der Waals surface area contributed by atoms with E-state index in [9.17, 15) is 4.79 Å². The lowest BCUT2D eigenvalue weighted by molar-refractivity contribution is 0.0996. The van der Waals surface area contributed by atoms with Crippen LogP contribution in [0.2, 0.25) is 0 Å². The zero-order chi connectivity index (χ0) is 16.5. The largest absolute Gasteiger partial charge is 0.364 e. The first-order valence-corrected chi connectivity index (χ1v) is 9.58. The van der Waals surface area contributed by atoms with E-state index in [1.54, 1.807) is 23.6 Å².